The van der Waals surface area contributed by atoms with Crippen LogP contribution in [0, 0.1) is 5.92 Å². The van der Waals surface area contributed by atoms with E-state index in [0.717, 1.165) is 55.5 Å². The molecule has 7 rings (SSSR count). The topological polar surface area (TPSA) is 20.3 Å². The first-order valence-electron chi connectivity index (χ1n) is 15.1. The summed E-state index contributed by atoms with van der Waals surface area (Å²) in [5, 5.41) is 0.668. The van der Waals surface area contributed by atoms with Gasteiger partial charge < -0.3 is 9.38 Å². The molecular weight excluding hydrogens is 637 g/mol. The maximum absolute atomic E-state index is 13.9. The Kier molecular flexibility index (Phi) is 8.45. The fourth-order valence-corrected chi connectivity index (χ4v) is 8.08. The highest BCUT2D eigenvalue weighted by atomic mass is 35.5. The van der Waals surface area contributed by atoms with Gasteiger partial charge in [-0.15, -0.1) is 0 Å². The predicted octanol–water partition coefficient (Wildman–Crippen LogP) is 9.12. The Morgan fingerprint density at radius 1 is 0.800 bits per heavy atom. The van der Waals surface area contributed by atoms with E-state index in [0.29, 0.717) is 28.6 Å². The van der Waals surface area contributed by atoms with Crippen LogP contribution in [0.25, 0.3) is 0 Å². The van der Waals surface area contributed by atoms with Crippen molar-refractivity contribution in [3.63, 3.8) is 0 Å². The van der Waals surface area contributed by atoms with Gasteiger partial charge in [0.05, 0.1) is 53.3 Å². The van der Waals surface area contributed by atoms with Crippen molar-refractivity contribution in [3.05, 3.63) is 105 Å². The van der Waals surface area contributed by atoms with Gasteiger partial charge in [-0.1, -0.05) is 59.6 Å². The zero-order valence-electron chi connectivity index (χ0n) is 24.4. The summed E-state index contributed by atoms with van der Waals surface area (Å²) < 4.78 is 82.1. The van der Waals surface area contributed by atoms with Crippen LogP contribution < -0.4 is 0 Å². The molecule has 4 aliphatic heterocycles. The number of halogens is 8. The Balaban J connectivity index is 1.24. The van der Waals surface area contributed by atoms with Gasteiger partial charge >= 0.3 is 12.4 Å². The highest BCUT2D eigenvalue weighted by Crippen LogP contribution is 2.47. The van der Waals surface area contributed by atoms with Crippen LogP contribution >= 0.6 is 23.2 Å². The number of nitrogens with zero attached hydrogens (tertiary/aromatic N) is 2. The summed E-state index contributed by atoms with van der Waals surface area (Å²) in [6, 6.07) is 17.2. The lowest BCUT2D eigenvalue weighted by Crippen LogP contribution is -2.63. The maximum atomic E-state index is 13.9. The number of carbonyl (C=O) groups is 1. The van der Waals surface area contributed by atoms with Crippen LogP contribution in [0.15, 0.2) is 66.7 Å². The van der Waals surface area contributed by atoms with Gasteiger partial charge in [0.1, 0.15) is 0 Å². The summed E-state index contributed by atoms with van der Waals surface area (Å²) in [4.78, 5) is 15.3. The summed E-state index contributed by atoms with van der Waals surface area (Å²) in [5.41, 5.74) is -0.671. The third-order valence-corrected chi connectivity index (χ3v) is 11.2. The minimum atomic E-state index is -4.97. The molecule has 0 aliphatic carbocycles. The van der Waals surface area contributed by atoms with Crippen LogP contribution in [0.1, 0.15) is 59.4 Å². The Morgan fingerprint density at radius 2 is 1.40 bits per heavy atom. The second-order valence-electron chi connectivity index (χ2n) is 12.9. The lowest BCUT2D eigenvalue weighted by Gasteiger charge is -2.55. The van der Waals surface area contributed by atoms with E-state index in [1.807, 2.05) is 6.07 Å². The fourth-order valence-electron chi connectivity index (χ4n) is 7.78. The summed E-state index contributed by atoms with van der Waals surface area (Å²) in [6.07, 6.45) is -6.19. The van der Waals surface area contributed by atoms with Gasteiger partial charge in [-0.2, -0.15) is 26.3 Å². The van der Waals surface area contributed by atoms with Crippen LogP contribution in [-0.2, 0) is 29.1 Å². The molecule has 3 aromatic carbocycles. The number of carbonyl (C=O) groups excluding carboxylic acids is 1. The first kappa shape index (κ1) is 32.2. The molecule has 2 unspecified atom stereocenters. The Bertz CT molecular complexity index is 1520. The van der Waals surface area contributed by atoms with E-state index in [1.165, 1.54) is 10.5 Å². The van der Waals surface area contributed by atoms with Gasteiger partial charge in [-0.3, -0.25) is 4.79 Å². The molecule has 4 fully saturated rings. The summed E-state index contributed by atoms with van der Waals surface area (Å²) in [7, 11) is 0. The predicted molar refractivity (Wildman–Crippen MR) is 161 cm³/mol. The molecule has 3 aromatic rings. The zero-order chi connectivity index (χ0) is 32.2. The standard InChI is InChI=1S/C34H33Cl2F6N2O/c35-29-7-6-23(18-30(29)36)28-21-43(20-22-16-25(33(37,38)39)19-26(17-22)34(40,41)42)31(45)27(28)8-12-44-13-9-32(10-14-44,11-15-44)24-4-2-1-3-5-24/h1-7,16-19,27-28H,8-15,20-21H2/q+1. The van der Waals surface area contributed by atoms with Crippen molar-refractivity contribution in [2.45, 2.75) is 55.9 Å². The third-order valence-electron chi connectivity index (χ3n) is 10.4. The first-order valence-corrected chi connectivity index (χ1v) is 15.9. The van der Waals surface area contributed by atoms with Crippen LogP contribution in [0.3, 0.4) is 0 Å². The number of amides is 1. The number of hydrogen-bond acceptors (Lipinski definition) is 1. The quantitative estimate of drug-likeness (QED) is 0.182. The second kappa shape index (κ2) is 11.8. The number of benzene rings is 3. The van der Waals surface area contributed by atoms with Crippen molar-refractivity contribution < 1.29 is 35.6 Å². The Morgan fingerprint density at radius 3 is 1.96 bits per heavy atom. The monoisotopic (exact) mass is 669 g/mol. The molecule has 1 amide bonds. The first-order chi connectivity index (χ1) is 21.2. The molecule has 0 radical (unpaired) electrons. The lowest BCUT2D eigenvalue weighted by atomic mass is 9.66. The molecule has 0 spiro atoms. The van der Waals surface area contributed by atoms with Crippen LogP contribution in [0.4, 0.5) is 26.3 Å². The van der Waals surface area contributed by atoms with Crippen molar-refractivity contribution in [1.82, 2.24) is 4.90 Å². The normalized spacial score (nSPS) is 26.9. The molecule has 0 aromatic heterocycles. The Hall–Kier alpha value is -2.75. The van der Waals surface area contributed by atoms with Crippen molar-refractivity contribution in [1.29, 1.82) is 0 Å². The van der Waals surface area contributed by atoms with E-state index in [2.05, 4.69) is 24.3 Å². The number of hydrogen-bond donors (Lipinski definition) is 0. The number of fused-ring (bicyclic) bond motifs is 3. The summed E-state index contributed by atoms with van der Waals surface area (Å²) in [6.45, 7) is 3.56. The number of alkyl halides is 6. The maximum Gasteiger partial charge on any atom is 0.416 e. The number of piperidine rings is 3. The number of quaternary nitrogens is 1. The number of rotatable bonds is 7. The molecule has 0 saturated carbocycles. The molecule has 2 atom stereocenters. The third kappa shape index (κ3) is 6.45. The second-order valence-corrected chi connectivity index (χ2v) is 13.8. The van der Waals surface area contributed by atoms with Crippen molar-refractivity contribution in [2.24, 2.45) is 5.92 Å². The van der Waals surface area contributed by atoms with Crippen LogP contribution in [-0.4, -0.2) is 48.0 Å². The minimum Gasteiger partial charge on any atom is -0.337 e. The molecule has 4 aliphatic rings. The van der Waals surface area contributed by atoms with Crippen LogP contribution in [0.5, 0.6) is 0 Å². The van der Waals surface area contributed by atoms with E-state index in [-0.39, 0.29) is 42.0 Å². The van der Waals surface area contributed by atoms with Gasteiger partial charge in [-0.25, -0.2) is 0 Å². The fraction of sp³-hybridized carbons (Fsp3) is 0.441. The smallest absolute Gasteiger partial charge is 0.337 e. The van der Waals surface area contributed by atoms with Gasteiger partial charge in [0.25, 0.3) is 0 Å². The van der Waals surface area contributed by atoms with Gasteiger partial charge in [-0.05, 0) is 47.0 Å². The van der Waals surface area contributed by atoms with Crippen molar-refractivity contribution >= 4 is 29.1 Å². The number of likely N-dealkylation sites (tertiary alicyclic amines) is 1. The molecular formula is C34H33Cl2F6N2O+. The molecule has 240 valence electrons. The van der Waals surface area contributed by atoms with E-state index in [4.69, 9.17) is 23.2 Å². The summed E-state index contributed by atoms with van der Waals surface area (Å²) >= 11 is 12.5. The molecule has 11 heteroatoms. The SMILES string of the molecule is O=C1C(CC[N+]23CCC(c4ccccc4)(CC2)CC3)C(c2ccc(Cl)c(Cl)c2)CN1Cc1cc(C(F)(F)F)cc(C(F)(F)F)c1. The van der Waals surface area contributed by atoms with E-state index in [9.17, 15) is 31.1 Å². The van der Waals surface area contributed by atoms with Crippen molar-refractivity contribution in [2.75, 3.05) is 32.7 Å². The van der Waals surface area contributed by atoms with E-state index < -0.39 is 29.4 Å². The minimum absolute atomic E-state index is 0.106. The average Bonchev–Trinajstić information content (AvgIpc) is 3.32. The van der Waals surface area contributed by atoms with E-state index >= 15 is 0 Å². The molecule has 4 heterocycles. The molecule has 3 nitrogen and oxygen atoms in total. The lowest BCUT2D eigenvalue weighted by molar-refractivity contribution is -0.943. The zero-order valence-corrected chi connectivity index (χ0v) is 25.9. The van der Waals surface area contributed by atoms with Gasteiger partial charge in [0.15, 0.2) is 0 Å². The van der Waals surface area contributed by atoms with Gasteiger partial charge in [0.2, 0.25) is 5.91 Å². The largest absolute Gasteiger partial charge is 0.416 e. The average molecular weight is 671 g/mol. The molecule has 45 heavy (non-hydrogen) atoms. The highest BCUT2D eigenvalue weighted by molar-refractivity contribution is 6.42. The summed E-state index contributed by atoms with van der Waals surface area (Å²) in [5.74, 6) is -1.11. The van der Waals surface area contributed by atoms with E-state index in [1.54, 1.807) is 18.2 Å². The Labute approximate surface area is 268 Å². The molecule has 2 bridgehead atoms. The van der Waals surface area contributed by atoms with Gasteiger partial charge in [0, 0.05) is 50.1 Å². The van der Waals surface area contributed by atoms with Crippen molar-refractivity contribution in [3.8, 4) is 0 Å². The molecule has 4 saturated heterocycles. The van der Waals surface area contributed by atoms with Crippen LogP contribution in [0.2, 0.25) is 10.0 Å². The highest BCUT2D eigenvalue weighted by Gasteiger charge is 2.51. The molecule has 0 N–H and O–H groups in total.